The fourth-order valence-corrected chi connectivity index (χ4v) is 7.63. The molecule has 1 saturated heterocycles. The molecule has 3 aliphatic rings. The summed E-state index contributed by atoms with van der Waals surface area (Å²) in [5.74, 6) is -2.75. The highest BCUT2D eigenvalue weighted by atomic mass is 35.5. The molecule has 1 atom stereocenters. The second-order valence-corrected chi connectivity index (χ2v) is 14.6. The number of halogens is 3. The number of aromatic nitrogens is 2. The number of rotatable bonds is 11. The minimum atomic E-state index is -0.748. The van der Waals surface area contributed by atoms with Gasteiger partial charge in [-0.2, -0.15) is 0 Å². The maximum absolute atomic E-state index is 14.9. The number of benzene rings is 4. The summed E-state index contributed by atoms with van der Waals surface area (Å²) < 4.78 is 29.8. The molecule has 1 aromatic heterocycles. The van der Waals surface area contributed by atoms with Crippen LogP contribution in [0.1, 0.15) is 74.2 Å². The number of fused-ring (bicyclic) bond motifs is 4. The van der Waals surface area contributed by atoms with Crippen molar-refractivity contribution in [2.75, 3.05) is 11.9 Å². The Hall–Kier alpha value is -6.67. The second kappa shape index (κ2) is 16.1. The molecular weight excluding hydrogens is 768 g/mol. The van der Waals surface area contributed by atoms with E-state index in [1.807, 2.05) is 0 Å². The normalized spacial score (nSPS) is 15.8. The molecule has 1 fully saturated rings. The largest absolute Gasteiger partial charge is 0.352 e. The average molecular weight is 802 g/mol. The van der Waals surface area contributed by atoms with E-state index < -0.39 is 23.6 Å². The lowest BCUT2D eigenvalue weighted by atomic mass is 9.95. The summed E-state index contributed by atoms with van der Waals surface area (Å²) in [5.41, 5.74) is 4.93. The summed E-state index contributed by atoms with van der Waals surface area (Å²) in [4.78, 5) is 78.2. The molecule has 0 bridgehead atoms. The fourth-order valence-electron chi connectivity index (χ4n) is 7.46. The van der Waals surface area contributed by atoms with Gasteiger partial charge in [-0.25, -0.2) is 18.7 Å². The second-order valence-electron chi connectivity index (χ2n) is 14.1. The third-order valence-electron chi connectivity index (χ3n) is 10.4. The monoisotopic (exact) mass is 801 g/mol. The van der Waals surface area contributed by atoms with Crippen LogP contribution < -0.4 is 16.0 Å². The number of ketones is 1. The van der Waals surface area contributed by atoms with E-state index in [9.17, 15) is 32.8 Å². The molecule has 4 heterocycles. The molecule has 5 aromatic rings. The average Bonchev–Trinajstić information content (AvgIpc) is 3.46. The van der Waals surface area contributed by atoms with E-state index in [1.54, 1.807) is 66.9 Å². The molecule has 1 unspecified atom stereocenters. The van der Waals surface area contributed by atoms with Crippen molar-refractivity contribution in [3.8, 4) is 11.3 Å². The molecule has 4 aromatic carbocycles. The highest BCUT2D eigenvalue weighted by molar-refractivity contribution is 6.31. The van der Waals surface area contributed by atoms with Gasteiger partial charge in [0.2, 0.25) is 17.8 Å². The van der Waals surface area contributed by atoms with Crippen molar-refractivity contribution < 1.29 is 32.8 Å². The molecule has 3 N–H and O–H groups in total. The Morgan fingerprint density at radius 2 is 1.71 bits per heavy atom. The molecule has 0 spiro atoms. The standard InChI is InChI=1S/C43H34ClF2N7O5/c44-26-11-14-29-31(19-26)39(37-33(45)7-2-8-34(37)46)48-20-25-21-49-43(52-38(25)29)50-27-12-9-23(10-13-27)40(56)47-17-3-5-28(54)18-24-4-1-6-30-32(24)22-53(42(30)58)35-15-16-36(55)51-41(35)57/h1-2,4,6-14,19,21,35H,3,5,15-18,20,22H2,(H,47,56)(H,49,50,52)(H,51,55,57). The maximum Gasteiger partial charge on any atom is 0.255 e. The van der Waals surface area contributed by atoms with E-state index in [0.717, 1.165) is 0 Å². The fraction of sp³-hybridized carbons (Fsp3) is 0.209. The van der Waals surface area contributed by atoms with Crippen molar-refractivity contribution in [3.05, 3.63) is 141 Å². The number of anilines is 2. The maximum atomic E-state index is 14.9. The number of imide groups is 1. The third-order valence-corrected chi connectivity index (χ3v) is 10.6. The number of amides is 4. The zero-order valence-electron chi connectivity index (χ0n) is 30.8. The van der Waals surface area contributed by atoms with Gasteiger partial charge in [-0.15, -0.1) is 0 Å². The Bertz CT molecular complexity index is 2540. The smallest absolute Gasteiger partial charge is 0.255 e. The summed E-state index contributed by atoms with van der Waals surface area (Å²) in [6.07, 6.45) is 2.75. The van der Waals surface area contributed by atoms with Crippen molar-refractivity contribution in [1.82, 2.24) is 25.5 Å². The minimum Gasteiger partial charge on any atom is -0.352 e. The number of aliphatic imine (C=N–C) groups is 1. The van der Waals surface area contributed by atoms with Crippen molar-refractivity contribution >= 4 is 58.4 Å². The molecule has 0 aliphatic carbocycles. The van der Waals surface area contributed by atoms with Gasteiger partial charge in [0, 0.05) is 77.1 Å². The quantitative estimate of drug-likeness (QED) is 0.104. The summed E-state index contributed by atoms with van der Waals surface area (Å²) in [5, 5.41) is 8.65. The molecule has 58 heavy (non-hydrogen) atoms. The van der Waals surface area contributed by atoms with Crippen molar-refractivity contribution in [2.24, 2.45) is 4.99 Å². The first kappa shape index (κ1) is 38.2. The van der Waals surface area contributed by atoms with Crippen molar-refractivity contribution in [2.45, 2.75) is 51.2 Å². The first-order valence-corrected chi connectivity index (χ1v) is 19.0. The summed E-state index contributed by atoms with van der Waals surface area (Å²) in [7, 11) is 0. The highest BCUT2D eigenvalue weighted by Gasteiger charge is 2.40. The summed E-state index contributed by atoms with van der Waals surface area (Å²) in [6.45, 7) is 0.535. The van der Waals surface area contributed by atoms with Gasteiger partial charge in [-0.3, -0.25) is 34.3 Å². The van der Waals surface area contributed by atoms with Crippen LogP contribution in [-0.2, 0) is 33.9 Å². The molecular formula is C43H34ClF2N7O5. The third kappa shape index (κ3) is 7.70. The van der Waals surface area contributed by atoms with Crippen LogP contribution in [0.2, 0.25) is 5.02 Å². The lowest BCUT2D eigenvalue weighted by Gasteiger charge is -2.29. The van der Waals surface area contributed by atoms with Crippen LogP contribution in [0.25, 0.3) is 11.3 Å². The predicted octanol–water partition coefficient (Wildman–Crippen LogP) is 6.25. The van der Waals surface area contributed by atoms with Crippen molar-refractivity contribution in [1.29, 1.82) is 0 Å². The molecule has 12 nitrogen and oxygen atoms in total. The molecule has 3 aliphatic heterocycles. The molecule has 0 saturated carbocycles. The predicted molar refractivity (Wildman–Crippen MR) is 211 cm³/mol. The van der Waals surface area contributed by atoms with Crippen LogP contribution in [0, 0.1) is 11.6 Å². The Morgan fingerprint density at radius 3 is 2.48 bits per heavy atom. The summed E-state index contributed by atoms with van der Waals surface area (Å²) >= 11 is 6.33. The van der Waals surface area contributed by atoms with Gasteiger partial charge in [0.05, 0.1) is 23.5 Å². The van der Waals surface area contributed by atoms with E-state index >= 15 is 0 Å². The number of hydrogen-bond acceptors (Lipinski definition) is 9. The first-order valence-electron chi connectivity index (χ1n) is 18.6. The van der Waals surface area contributed by atoms with E-state index in [4.69, 9.17) is 16.6 Å². The molecule has 8 rings (SSSR count). The zero-order chi connectivity index (χ0) is 40.5. The van der Waals surface area contributed by atoms with Crippen molar-refractivity contribution in [3.63, 3.8) is 0 Å². The van der Waals surface area contributed by atoms with Gasteiger partial charge in [0.15, 0.2) is 0 Å². The van der Waals surface area contributed by atoms with Gasteiger partial charge in [0.25, 0.3) is 11.8 Å². The van der Waals surface area contributed by atoms with E-state index in [0.29, 0.717) is 61.8 Å². The van der Waals surface area contributed by atoms with Gasteiger partial charge in [-0.05, 0) is 78.6 Å². The number of carbonyl (C=O) groups excluding carboxylic acids is 5. The highest BCUT2D eigenvalue weighted by Crippen LogP contribution is 2.35. The summed E-state index contributed by atoms with van der Waals surface area (Å²) in [6, 6.07) is 19.8. The number of hydrogen-bond donors (Lipinski definition) is 3. The van der Waals surface area contributed by atoms with Crippen LogP contribution in [0.4, 0.5) is 20.4 Å². The Balaban J connectivity index is 0.856. The number of nitrogens with one attached hydrogen (secondary N) is 3. The van der Waals surface area contributed by atoms with Crippen LogP contribution >= 0.6 is 11.6 Å². The van der Waals surface area contributed by atoms with Crippen LogP contribution in [0.3, 0.4) is 0 Å². The Morgan fingerprint density at radius 1 is 0.931 bits per heavy atom. The van der Waals surface area contributed by atoms with Crippen LogP contribution in [0.5, 0.6) is 0 Å². The SMILES string of the molecule is O=C(CCCNC(=O)c1ccc(Nc2ncc3c(n2)-c2ccc(Cl)cc2C(c2c(F)cccc2F)=NC3)cc1)Cc1cccc2c1CN(C1CCC(=O)NC1=O)C2=O. The van der Waals surface area contributed by atoms with Gasteiger partial charge < -0.3 is 15.5 Å². The topological polar surface area (TPSA) is 163 Å². The first-order chi connectivity index (χ1) is 28.0. The number of nitrogens with zero attached hydrogens (tertiary/aromatic N) is 4. The Kier molecular flexibility index (Phi) is 10.6. The molecule has 292 valence electrons. The van der Waals surface area contributed by atoms with Gasteiger partial charge >= 0.3 is 0 Å². The lowest BCUT2D eigenvalue weighted by molar-refractivity contribution is -0.137. The van der Waals surface area contributed by atoms with E-state index in [-0.39, 0.29) is 86.0 Å². The lowest BCUT2D eigenvalue weighted by Crippen LogP contribution is -2.52. The minimum absolute atomic E-state index is 0.0516. The number of Topliss-reactive ketones (excluding diaryl/α,β-unsaturated/α-hetero) is 1. The number of piperidine rings is 1. The Labute approximate surface area is 335 Å². The van der Waals surface area contributed by atoms with Gasteiger partial charge in [0.1, 0.15) is 23.5 Å². The van der Waals surface area contributed by atoms with E-state index in [1.165, 1.54) is 23.1 Å². The zero-order valence-corrected chi connectivity index (χ0v) is 31.5. The number of carbonyl (C=O) groups is 5. The molecule has 0 radical (unpaired) electrons. The van der Waals surface area contributed by atoms with Crippen LogP contribution in [-0.4, -0.2) is 62.6 Å². The van der Waals surface area contributed by atoms with Gasteiger partial charge in [-0.1, -0.05) is 35.9 Å². The van der Waals surface area contributed by atoms with Crippen LogP contribution in [0.15, 0.2) is 90.1 Å². The molecule has 4 amide bonds. The van der Waals surface area contributed by atoms with E-state index in [2.05, 4.69) is 25.9 Å². The molecule has 15 heteroatoms.